The van der Waals surface area contributed by atoms with Gasteiger partial charge in [0, 0.05) is 44.2 Å². The van der Waals surface area contributed by atoms with E-state index >= 15 is 0 Å². The fourth-order valence-corrected chi connectivity index (χ4v) is 10.5. The van der Waals surface area contributed by atoms with E-state index in [-0.39, 0.29) is 0 Å². The fraction of sp³-hybridized carbons (Fsp3) is 0.0164. The molecule has 0 saturated carbocycles. The summed E-state index contributed by atoms with van der Waals surface area (Å²) in [5.74, 6) is 0. The van der Waals surface area contributed by atoms with E-state index in [0.717, 1.165) is 83.2 Å². The minimum absolute atomic E-state index is 0.472. The lowest BCUT2D eigenvalue weighted by Crippen LogP contribution is -2.28. The van der Waals surface area contributed by atoms with Gasteiger partial charge in [0.25, 0.3) is 0 Å². The number of anilines is 3. The third-order valence-corrected chi connectivity index (χ3v) is 13.4. The maximum atomic E-state index is 6.48. The molecular formula is C61H39NO2. The zero-order valence-electron chi connectivity index (χ0n) is 34.8. The monoisotopic (exact) mass is 817 g/mol. The van der Waals surface area contributed by atoms with Crippen molar-refractivity contribution in [3.8, 4) is 33.4 Å². The predicted molar refractivity (Wildman–Crippen MR) is 264 cm³/mol. The van der Waals surface area contributed by atoms with E-state index in [9.17, 15) is 0 Å². The molecule has 3 heteroatoms. The van der Waals surface area contributed by atoms with Crippen molar-refractivity contribution >= 4 is 60.9 Å². The van der Waals surface area contributed by atoms with Gasteiger partial charge in [-0.1, -0.05) is 176 Å². The molecule has 0 fully saturated rings. The number of rotatable bonds is 7. The quantitative estimate of drug-likeness (QED) is 0.160. The zero-order valence-corrected chi connectivity index (χ0v) is 34.8. The van der Waals surface area contributed by atoms with E-state index in [1.807, 2.05) is 24.3 Å². The second-order valence-electron chi connectivity index (χ2n) is 16.8. The summed E-state index contributed by atoms with van der Waals surface area (Å²) in [6.07, 6.45) is 0. The lowest BCUT2D eigenvalue weighted by molar-refractivity contribution is 0.669. The van der Waals surface area contributed by atoms with Crippen molar-refractivity contribution in [2.24, 2.45) is 0 Å². The number of fused-ring (bicyclic) bond motifs is 9. The summed E-state index contributed by atoms with van der Waals surface area (Å²) in [7, 11) is 0. The van der Waals surface area contributed by atoms with Crippen LogP contribution in [0.15, 0.2) is 245 Å². The van der Waals surface area contributed by atoms with Gasteiger partial charge in [0.15, 0.2) is 0 Å². The standard InChI is InChI=1S/C61H39NO2/c1-3-14-43(15-4-1)61(44-16-5-2-6-17-44)55-23-10-7-18-49(55)53-39-47(35-36-56(53)61)62(45-31-26-40(27-32-45)42-30-37-59-54(38-42)51-20-9-11-24-57(51)63-59)46-33-28-41(29-34-46)48-21-13-22-52-50-19-8-12-25-58(50)64-60(48)52/h1-39H. The molecule has 13 rings (SSSR count). The molecule has 0 bridgehead atoms. The highest BCUT2D eigenvalue weighted by Crippen LogP contribution is 2.57. The predicted octanol–water partition coefficient (Wildman–Crippen LogP) is 16.7. The Morgan fingerprint density at radius 3 is 1.53 bits per heavy atom. The van der Waals surface area contributed by atoms with Crippen molar-refractivity contribution in [3.63, 3.8) is 0 Å². The third kappa shape index (κ3) is 5.47. The molecule has 64 heavy (non-hydrogen) atoms. The van der Waals surface area contributed by atoms with Gasteiger partial charge >= 0.3 is 0 Å². The molecule has 0 amide bonds. The molecule has 12 aromatic rings. The molecule has 0 N–H and O–H groups in total. The van der Waals surface area contributed by atoms with E-state index in [4.69, 9.17) is 8.83 Å². The normalized spacial score (nSPS) is 12.8. The highest BCUT2D eigenvalue weighted by atomic mass is 16.3. The first kappa shape index (κ1) is 36.3. The van der Waals surface area contributed by atoms with Crippen molar-refractivity contribution in [1.82, 2.24) is 0 Å². The van der Waals surface area contributed by atoms with Gasteiger partial charge in [-0.05, 0) is 111 Å². The largest absolute Gasteiger partial charge is 0.456 e. The van der Waals surface area contributed by atoms with Crippen LogP contribution in [-0.2, 0) is 5.41 Å². The molecule has 1 aliphatic rings. The molecule has 0 unspecified atom stereocenters. The Labute approximate surface area is 370 Å². The van der Waals surface area contributed by atoms with E-state index in [1.54, 1.807) is 0 Å². The van der Waals surface area contributed by atoms with Crippen molar-refractivity contribution in [2.75, 3.05) is 4.90 Å². The van der Waals surface area contributed by atoms with Gasteiger partial charge in [-0.15, -0.1) is 0 Å². The van der Waals surface area contributed by atoms with Crippen LogP contribution >= 0.6 is 0 Å². The highest BCUT2D eigenvalue weighted by molar-refractivity contribution is 6.10. The number of benzene rings is 10. The SMILES string of the molecule is c1ccc(C2(c3ccccc3)c3ccccc3-c3cc(N(c4ccc(-c5ccc6oc7ccccc7c6c5)cc4)c4ccc(-c5cccc6c5oc5ccccc56)cc4)ccc32)cc1. The van der Waals surface area contributed by atoms with Gasteiger partial charge in [0.2, 0.25) is 0 Å². The summed E-state index contributed by atoms with van der Waals surface area (Å²) < 4.78 is 12.6. The molecular weight excluding hydrogens is 779 g/mol. The fourth-order valence-electron chi connectivity index (χ4n) is 10.5. The first-order valence-electron chi connectivity index (χ1n) is 21.9. The van der Waals surface area contributed by atoms with E-state index < -0.39 is 5.41 Å². The number of hydrogen-bond acceptors (Lipinski definition) is 3. The number of hydrogen-bond donors (Lipinski definition) is 0. The van der Waals surface area contributed by atoms with Gasteiger partial charge in [0.1, 0.15) is 22.3 Å². The Bertz CT molecular complexity index is 3670. The van der Waals surface area contributed by atoms with E-state index in [2.05, 4.69) is 217 Å². The van der Waals surface area contributed by atoms with Crippen LogP contribution in [0, 0.1) is 0 Å². The molecule has 10 aromatic carbocycles. The van der Waals surface area contributed by atoms with Crippen LogP contribution in [0.1, 0.15) is 22.3 Å². The molecule has 0 spiro atoms. The van der Waals surface area contributed by atoms with Crippen LogP contribution in [0.4, 0.5) is 17.1 Å². The second-order valence-corrected chi connectivity index (χ2v) is 16.8. The van der Waals surface area contributed by atoms with Crippen LogP contribution in [0.25, 0.3) is 77.3 Å². The number of nitrogens with zero attached hydrogens (tertiary/aromatic N) is 1. The highest BCUT2D eigenvalue weighted by Gasteiger charge is 2.46. The first-order valence-corrected chi connectivity index (χ1v) is 21.9. The lowest BCUT2D eigenvalue weighted by Gasteiger charge is -2.34. The minimum Gasteiger partial charge on any atom is -0.456 e. The van der Waals surface area contributed by atoms with Crippen molar-refractivity contribution in [1.29, 1.82) is 0 Å². The van der Waals surface area contributed by atoms with Crippen LogP contribution in [-0.4, -0.2) is 0 Å². The van der Waals surface area contributed by atoms with Gasteiger partial charge in [-0.25, -0.2) is 0 Å². The Hall–Kier alpha value is -8.40. The molecule has 2 heterocycles. The van der Waals surface area contributed by atoms with Crippen molar-refractivity contribution in [3.05, 3.63) is 259 Å². The summed E-state index contributed by atoms with van der Waals surface area (Å²) in [5, 5.41) is 4.51. The Kier molecular flexibility index (Phi) is 8.13. The van der Waals surface area contributed by atoms with Crippen LogP contribution in [0.3, 0.4) is 0 Å². The molecule has 0 saturated heterocycles. The third-order valence-electron chi connectivity index (χ3n) is 13.4. The van der Waals surface area contributed by atoms with E-state index in [1.165, 1.54) is 33.4 Å². The average molecular weight is 818 g/mol. The Morgan fingerprint density at radius 2 is 0.812 bits per heavy atom. The van der Waals surface area contributed by atoms with Crippen LogP contribution in [0.5, 0.6) is 0 Å². The van der Waals surface area contributed by atoms with Crippen molar-refractivity contribution in [2.45, 2.75) is 5.41 Å². The van der Waals surface area contributed by atoms with Gasteiger partial charge in [0.05, 0.1) is 5.41 Å². The maximum absolute atomic E-state index is 6.48. The topological polar surface area (TPSA) is 29.5 Å². The molecule has 1 aliphatic carbocycles. The average Bonchev–Trinajstić information content (AvgIpc) is 4.03. The maximum Gasteiger partial charge on any atom is 0.143 e. The summed E-state index contributed by atoms with van der Waals surface area (Å²) in [6.45, 7) is 0. The summed E-state index contributed by atoms with van der Waals surface area (Å²) in [4.78, 5) is 2.38. The smallest absolute Gasteiger partial charge is 0.143 e. The van der Waals surface area contributed by atoms with Crippen LogP contribution in [0.2, 0.25) is 0 Å². The minimum atomic E-state index is -0.472. The summed E-state index contributed by atoms with van der Waals surface area (Å²) >= 11 is 0. The number of para-hydroxylation sites is 3. The van der Waals surface area contributed by atoms with Gasteiger partial charge < -0.3 is 13.7 Å². The molecule has 0 aliphatic heterocycles. The Morgan fingerprint density at radius 1 is 0.297 bits per heavy atom. The molecule has 0 radical (unpaired) electrons. The Balaban J connectivity index is 0.969. The molecule has 3 nitrogen and oxygen atoms in total. The molecule has 2 aromatic heterocycles. The number of furan rings is 2. The molecule has 300 valence electrons. The van der Waals surface area contributed by atoms with Gasteiger partial charge in [-0.3, -0.25) is 0 Å². The first-order chi connectivity index (χ1) is 31.7. The van der Waals surface area contributed by atoms with Crippen LogP contribution < -0.4 is 4.90 Å². The zero-order chi connectivity index (χ0) is 42.2. The summed E-state index contributed by atoms with van der Waals surface area (Å²) in [5.41, 5.74) is 18.4. The summed E-state index contributed by atoms with van der Waals surface area (Å²) in [6, 6.07) is 85.3. The van der Waals surface area contributed by atoms with E-state index in [0.29, 0.717) is 0 Å². The molecule has 0 atom stereocenters. The van der Waals surface area contributed by atoms with Crippen molar-refractivity contribution < 1.29 is 8.83 Å². The lowest BCUT2D eigenvalue weighted by atomic mass is 9.68. The second kappa shape index (κ2) is 14.3. The van der Waals surface area contributed by atoms with Gasteiger partial charge in [-0.2, -0.15) is 0 Å².